The number of aryl methyl sites for hydroxylation is 1. The van der Waals surface area contributed by atoms with Crippen LogP contribution < -0.4 is 5.32 Å². The third kappa shape index (κ3) is 4.95. The minimum absolute atomic E-state index is 0. The van der Waals surface area contributed by atoms with Crippen LogP contribution in [0.2, 0.25) is 0 Å². The van der Waals surface area contributed by atoms with E-state index in [-0.39, 0.29) is 12.4 Å². The van der Waals surface area contributed by atoms with Crippen molar-refractivity contribution in [3.05, 3.63) is 35.4 Å². The molecule has 0 radical (unpaired) electrons. The van der Waals surface area contributed by atoms with Crippen molar-refractivity contribution in [3.8, 4) is 0 Å². The second-order valence-corrected chi connectivity index (χ2v) is 6.97. The van der Waals surface area contributed by atoms with E-state index in [0.29, 0.717) is 17.9 Å². The molecule has 2 atom stereocenters. The van der Waals surface area contributed by atoms with Crippen molar-refractivity contribution in [2.75, 3.05) is 19.6 Å². The highest BCUT2D eigenvalue weighted by Crippen LogP contribution is 2.24. The summed E-state index contributed by atoms with van der Waals surface area (Å²) in [5.74, 6) is 1.09. The predicted molar refractivity (Wildman–Crippen MR) is 97.1 cm³/mol. The van der Waals surface area contributed by atoms with Gasteiger partial charge in [0.1, 0.15) is 0 Å². The van der Waals surface area contributed by atoms with Crippen LogP contribution in [-0.2, 0) is 11.2 Å². The quantitative estimate of drug-likeness (QED) is 0.894. The lowest BCUT2D eigenvalue weighted by atomic mass is 10.0. The summed E-state index contributed by atoms with van der Waals surface area (Å²) >= 11 is 0. The van der Waals surface area contributed by atoms with Gasteiger partial charge in [-0.15, -0.1) is 12.4 Å². The molecule has 0 saturated carbocycles. The number of amides is 1. The Morgan fingerprint density at radius 3 is 2.74 bits per heavy atom. The fourth-order valence-electron chi connectivity index (χ4n) is 3.80. The van der Waals surface area contributed by atoms with E-state index in [0.717, 1.165) is 51.7 Å². The Kier molecular flexibility index (Phi) is 6.91. The van der Waals surface area contributed by atoms with Crippen LogP contribution >= 0.6 is 12.4 Å². The number of likely N-dealkylation sites (tertiary alicyclic amines) is 1. The van der Waals surface area contributed by atoms with Crippen LogP contribution in [0.4, 0.5) is 0 Å². The molecule has 2 heterocycles. The van der Waals surface area contributed by atoms with Crippen LogP contribution in [0.5, 0.6) is 0 Å². The van der Waals surface area contributed by atoms with E-state index in [9.17, 15) is 4.79 Å². The molecule has 2 aliphatic heterocycles. The molecule has 1 amide bonds. The van der Waals surface area contributed by atoms with E-state index in [1.165, 1.54) is 17.5 Å². The molecule has 128 valence electrons. The zero-order valence-corrected chi connectivity index (χ0v) is 14.9. The van der Waals surface area contributed by atoms with Gasteiger partial charge < -0.3 is 10.2 Å². The van der Waals surface area contributed by atoms with E-state index in [2.05, 4.69) is 41.4 Å². The van der Waals surface area contributed by atoms with Crippen molar-refractivity contribution in [2.45, 2.75) is 51.5 Å². The number of halogens is 1. The molecule has 2 unspecified atom stereocenters. The minimum atomic E-state index is 0. The number of rotatable bonds is 5. The summed E-state index contributed by atoms with van der Waals surface area (Å²) in [6.45, 7) is 5.30. The molecule has 2 saturated heterocycles. The Balaban J connectivity index is 0.00000192. The molecule has 2 aliphatic rings. The molecule has 3 rings (SSSR count). The predicted octanol–water partition coefficient (Wildman–Crippen LogP) is 3.34. The summed E-state index contributed by atoms with van der Waals surface area (Å²) < 4.78 is 0. The molecule has 0 aromatic heterocycles. The van der Waals surface area contributed by atoms with E-state index in [1.807, 2.05) is 0 Å². The van der Waals surface area contributed by atoms with E-state index in [4.69, 9.17) is 0 Å². The van der Waals surface area contributed by atoms with Gasteiger partial charge in [0.15, 0.2) is 0 Å². The highest BCUT2D eigenvalue weighted by molar-refractivity contribution is 5.85. The minimum Gasteiger partial charge on any atom is -0.339 e. The van der Waals surface area contributed by atoms with Gasteiger partial charge in [-0.2, -0.15) is 0 Å². The molecule has 0 bridgehead atoms. The summed E-state index contributed by atoms with van der Waals surface area (Å²) in [6.07, 6.45) is 6.35. The van der Waals surface area contributed by atoms with Crippen LogP contribution in [0, 0.1) is 12.8 Å². The number of benzene rings is 1. The number of nitrogens with one attached hydrogen (secondary N) is 1. The van der Waals surface area contributed by atoms with Gasteiger partial charge in [0, 0.05) is 19.0 Å². The lowest BCUT2D eigenvalue weighted by Crippen LogP contribution is -2.37. The monoisotopic (exact) mass is 336 g/mol. The van der Waals surface area contributed by atoms with Gasteiger partial charge in [0.25, 0.3) is 0 Å². The van der Waals surface area contributed by atoms with Crippen molar-refractivity contribution in [1.82, 2.24) is 10.2 Å². The maximum Gasteiger partial charge on any atom is 0.222 e. The molecule has 2 fully saturated rings. The first-order valence-corrected chi connectivity index (χ1v) is 8.78. The normalized spacial score (nSPS) is 23.8. The van der Waals surface area contributed by atoms with Gasteiger partial charge >= 0.3 is 0 Å². The van der Waals surface area contributed by atoms with Crippen LogP contribution in [0.3, 0.4) is 0 Å². The van der Waals surface area contributed by atoms with Crippen molar-refractivity contribution in [2.24, 2.45) is 5.92 Å². The second kappa shape index (κ2) is 8.70. The highest BCUT2D eigenvalue weighted by Gasteiger charge is 2.29. The summed E-state index contributed by atoms with van der Waals surface area (Å²) in [7, 11) is 0. The highest BCUT2D eigenvalue weighted by atomic mass is 35.5. The molecule has 1 aromatic rings. The third-order valence-corrected chi connectivity index (χ3v) is 5.22. The van der Waals surface area contributed by atoms with E-state index >= 15 is 0 Å². The summed E-state index contributed by atoms with van der Waals surface area (Å²) in [5.41, 5.74) is 2.66. The average molecular weight is 337 g/mol. The summed E-state index contributed by atoms with van der Waals surface area (Å²) in [6, 6.07) is 9.17. The first-order valence-electron chi connectivity index (χ1n) is 8.78. The van der Waals surface area contributed by atoms with Gasteiger partial charge in [-0.1, -0.05) is 29.8 Å². The molecular weight excluding hydrogens is 308 g/mol. The SMILES string of the molecule is Cc1ccc(CC2CCCN2C(=O)CCC2CCNC2)cc1.Cl. The van der Waals surface area contributed by atoms with Crippen molar-refractivity contribution in [1.29, 1.82) is 0 Å². The summed E-state index contributed by atoms with van der Waals surface area (Å²) in [5, 5.41) is 3.39. The molecule has 4 heteroatoms. The molecule has 3 nitrogen and oxygen atoms in total. The van der Waals surface area contributed by atoms with E-state index < -0.39 is 0 Å². The Labute approximate surface area is 146 Å². The molecule has 1 aromatic carbocycles. The second-order valence-electron chi connectivity index (χ2n) is 6.97. The Morgan fingerprint density at radius 2 is 2.04 bits per heavy atom. The number of hydrogen-bond donors (Lipinski definition) is 1. The number of nitrogens with zero attached hydrogens (tertiary/aromatic N) is 1. The molecule has 23 heavy (non-hydrogen) atoms. The maximum absolute atomic E-state index is 12.6. The first kappa shape index (κ1) is 18.3. The lowest BCUT2D eigenvalue weighted by molar-refractivity contribution is -0.132. The standard InChI is InChI=1S/C19H28N2O.ClH/c1-15-4-6-16(7-5-15)13-18-3-2-12-21(18)19(22)9-8-17-10-11-20-14-17;/h4-7,17-18,20H,2-3,8-14H2,1H3;1H. The van der Waals surface area contributed by atoms with Gasteiger partial charge in [-0.3, -0.25) is 4.79 Å². The lowest BCUT2D eigenvalue weighted by Gasteiger charge is -2.25. The zero-order chi connectivity index (χ0) is 15.4. The number of carbonyl (C=O) groups is 1. The van der Waals surface area contributed by atoms with Gasteiger partial charge in [0.2, 0.25) is 5.91 Å². The average Bonchev–Trinajstić information content (AvgIpc) is 3.18. The number of carbonyl (C=O) groups excluding carboxylic acids is 1. The zero-order valence-electron chi connectivity index (χ0n) is 14.1. The van der Waals surface area contributed by atoms with Gasteiger partial charge in [-0.25, -0.2) is 0 Å². The molecule has 0 aliphatic carbocycles. The van der Waals surface area contributed by atoms with Gasteiger partial charge in [0.05, 0.1) is 0 Å². The van der Waals surface area contributed by atoms with Crippen LogP contribution in [0.25, 0.3) is 0 Å². The fraction of sp³-hybridized carbons (Fsp3) is 0.632. The van der Waals surface area contributed by atoms with E-state index in [1.54, 1.807) is 0 Å². The maximum atomic E-state index is 12.6. The van der Waals surface area contributed by atoms with Crippen LogP contribution in [-0.4, -0.2) is 36.5 Å². The summed E-state index contributed by atoms with van der Waals surface area (Å²) in [4.78, 5) is 14.7. The smallest absolute Gasteiger partial charge is 0.222 e. The Morgan fingerprint density at radius 1 is 1.26 bits per heavy atom. The molecule has 0 spiro atoms. The van der Waals surface area contributed by atoms with Crippen LogP contribution in [0.15, 0.2) is 24.3 Å². The molecule has 1 N–H and O–H groups in total. The third-order valence-electron chi connectivity index (χ3n) is 5.22. The van der Waals surface area contributed by atoms with Crippen LogP contribution in [0.1, 0.15) is 43.2 Å². The topological polar surface area (TPSA) is 32.3 Å². The number of hydrogen-bond acceptors (Lipinski definition) is 2. The Bertz CT molecular complexity index is 497. The first-order chi connectivity index (χ1) is 10.7. The van der Waals surface area contributed by atoms with Gasteiger partial charge in [-0.05, 0) is 63.6 Å². The van der Waals surface area contributed by atoms with Crippen molar-refractivity contribution in [3.63, 3.8) is 0 Å². The van der Waals surface area contributed by atoms with Crippen molar-refractivity contribution >= 4 is 18.3 Å². The fourth-order valence-corrected chi connectivity index (χ4v) is 3.80. The Hall–Kier alpha value is -1.06. The largest absolute Gasteiger partial charge is 0.339 e. The van der Waals surface area contributed by atoms with Crippen molar-refractivity contribution < 1.29 is 4.79 Å². The molecular formula is C19H29ClN2O.